The van der Waals surface area contributed by atoms with Crippen molar-refractivity contribution in [1.82, 2.24) is 5.32 Å². The van der Waals surface area contributed by atoms with Crippen molar-refractivity contribution in [3.05, 3.63) is 38.9 Å². The second-order valence-electron chi connectivity index (χ2n) is 4.55. The van der Waals surface area contributed by atoms with Crippen LogP contribution in [0.2, 0.25) is 5.02 Å². The Labute approximate surface area is 110 Å². The summed E-state index contributed by atoms with van der Waals surface area (Å²) in [6.07, 6.45) is 0.773. The molecule has 0 bridgehead atoms. The molecule has 0 radical (unpaired) electrons. The lowest BCUT2D eigenvalue weighted by Crippen LogP contribution is -2.40. The van der Waals surface area contributed by atoms with E-state index in [1.165, 1.54) is 6.07 Å². The zero-order valence-corrected chi connectivity index (χ0v) is 10.6. The van der Waals surface area contributed by atoms with E-state index in [2.05, 4.69) is 5.32 Å². The first-order chi connectivity index (χ1) is 8.58. The van der Waals surface area contributed by atoms with Crippen LogP contribution in [0.5, 0.6) is 0 Å². The highest BCUT2D eigenvalue weighted by atomic mass is 35.5. The molecule has 1 aromatic carbocycles. The smallest absolute Gasteiger partial charge is 0.274 e. The highest BCUT2D eigenvalue weighted by Gasteiger charge is 2.26. The zero-order chi connectivity index (χ0) is 13.1. The fraction of sp³-hybridized carbons (Fsp3) is 0.500. The van der Waals surface area contributed by atoms with E-state index in [9.17, 15) is 15.2 Å². The summed E-state index contributed by atoms with van der Waals surface area (Å²) < 4.78 is 0. The predicted molar refractivity (Wildman–Crippen MR) is 68.8 cm³/mol. The van der Waals surface area contributed by atoms with Gasteiger partial charge in [0.15, 0.2) is 0 Å². The molecule has 1 aliphatic rings. The maximum absolute atomic E-state index is 11.0. The van der Waals surface area contributed by atoms with E-state index in [1.54, 1.807) is 12.1 Å². The highest BCUT2D eigenvalue weighted by Crippen LogP contribution is 2.27. The molecule has 0 spiro atoms. The molecule has 0 amide bonds. The topological polar surface area (TPSA) is 75.4 Å². The van der Waals surface area contributed by atoms with Crippen LogP contribution in [0.15, 0.2) is 18.2 Å². The van der Waals surface area contributed by atoms with Crippen molar-refractivity contribution in [2.45, 2.75) is 18.9 Å². The molecule has 18 heavy (non-hydrogen) atoms. The van der Waals surface area contributed by atoms with Gasteiger partial charge >= 0.3 is 0 Å². The number of piperidine rings is 1. The number of nitro groups is 1. The average Bonchev–Trinajstić information content (AvgIpc) is 2.34. The SMILES string of the molecule is O=[N+]([O-])c1cc(Cl)ccc1CC1CNCCC1O. The first kappa shape index (κ1) is 13.3. The summed E-state index contributed by atoms with van der Waals surface area (Å²) in [5.74, 6) is 0.0126. The van der Waals surface area contributed by atoms with Crippen molar-refractivity contribution in [1.29, 1.82) is 0 Å². The van der Waals surface area contributed by atoms with Gasteiger partial charge in [0.05, 0.1) is 11.0 Å². The second-order valence-corrected chi connectivity index (χ2v) is 4.99. The van der Waals surface area contributed by atoms with Crippen molar-refractivity contribution in [2.75, 3.05) is 13.1 Å². The lowest BCUT2D eigenvalue weighted by Gasteiger charge is -2.28. The number of halogens is 1. The molecule has 1 aromatic rings. The molecule has 2 rings (SSSR count). The van der Waals surface area contributed by atoms with Gasteiger partial charge in [-0.15, -0.1) is 0 Å². The van der Waals surface area contributed by atoms with Crippen LogP contribution in [-0.4, -0.2) is 29.2 Å². The number of hydrogen-bond acceptors (Lipinski definition) is 4. The standard InChI is InChI=1S/C12H15ClN2O3/c13-10-2-1-8(11(6-10)15(17)18)5-9-7-14-4-3-12(9)16/h1-2,6,9,12,14,16H,3-5,7H2. The van der Waals surface area contributed by atoms with Crippen LogP contribution in [0.1, 0.15) is 12.0 Å². The Bertz CT molecular complexity index is 453. The number of hydrogen-bond donors (Lipinski definition) is 2. The molecule has 0 aromatic heterocycles. The Morgan fingerprint density at radius 2 is 2.33 bits per heavy atom. The summed E-state index contributed by atoms with van der Waals surface area (Å²) in [6.45, 7) is 1.47. The zero-order valence-electron chi connectivity index (χ0n) is 9.80. The second kappa shape index (κ2) is 5.65. The van der Waals surface area contributed by atoms with E-state index in [0.29, 0.717) is 30.0 Å². The molecule has 2 unspecified atom stereocenters. The monoisotopic (exact) mass is 270 g/mol. The van der Waals surface area contributed by atoms with Gasteiger partial charge in [-0.3, -0.25) is 10.1 Å². The van der Waals surface area contributed by atoms with Gasteiger partial charge in [-0.2, -0.15) is 0 Å². The number of nitrogens with zero attached hydrogens (tertiary/aromatic N) is 1. The third-order valence-electron chi connectivity index (χ3n) is 3.29. The molecular formula is C12H15ClN2O3. The molecule has 1 saturated heterocycles. The van der Waals surface area contributed by atoms with E-state index in [4.69, 9.17) is 11.6 Å². The van der Waals surface area contributed by atoms with Gasteiger partial charge in [-0.05, 0) is 25.5 Å². The highest BCUT2D eigenvalue weighted by molar-refractivity contribution is 6.30. The van der Waals surface area contributed by atoms with E-state index in [0.717, 1.165) is 6.54 Å². The summed E-state index contributed by atoms with van der Waals surface area (Å²) in [6, 6.07) is 4.67. The molecular weight excluding hydrogens is 256 g/mol. The number of benzene rings is 1. The van der Waals surface area contributed by atoms with Gasteiger partial charge < -0.3 is 10.4 Å². The molecule has 2 N–H and O–H groups in total. The van der Waals surface area contributed by atoms with Crippen molar-refractivity contribution < 1.29 is 10.0 Å². The van der Waals surface area contributed by atoms with Gasteiger partial charge in [0.25, 0.3) is 5.69 Å². The number of aliphatic hydroxyl groups excluding tert-OH is 1. The fourth-order valence-corrected chi connectivity index (χ4v) is 2.45. The van der Waals surface area contributed by atoms with Crippen LogP contribution in [0.4, 0.5) is 5.69 Å². The van der Waals surface area contributed by atoms with Crippen molar-refractivity contribution in [3.63, 3.8) is 0 Å². The molecule has 1 aliphatic heterocycles. The minimum absolute atomic E-state index is 0.0126. The average molecular weight is 271 g/mol. The quantitative estimate of drug-likeness (QED) is 0.648. The summed E-state index contributed by atoms with van der Waals surface area (Å²) in [4.78, 5) is 10.5. The van der Waals surface area contributed by atoms with E-state index in [-0.39, 0.29) is 11.6 Å². The van der Waals surface area contributed by atoms with E-state index in [1.807, 2.05) is 0 Å². The molecule has 98 valence electrons. The van der Waals surface area contributed by atoms with Crippen LogP contribution in [0.25, 0.3) is 0 Å². The fourth-order valence-electron chi connectivity index (χ4n) is 2.28. The van der Waals surface area contributed by atoms with Crippen LogP contribution in [0.3, 0.4) is 0 Å². The molecule has 1 heterocycles. The third-order valence-corrected chi connectivity index (χ3v) is 3.53. The number of nitro benzene ring substituents is 1. The molecule has 0 aliphatic carbocycles. The lowest BCUT2D eigenvalue weighted by atomic mass is 9.89. The Morgan fingerprint density at radius 3 is 3.00 bits per heavy atom. The largest absolute Gasteiger partial charge is 0.393 e. The normalized spacial score (nSPS) is 23.9. The van der Waals surface area contributed by atoms with Crippen LogP contribution in [-0.2, 0) is 6.42 Å². The van der Waals surface area contributed by atoms with Gasteiger partial charge in [-0.25, -0.2) is 0 Å². The Morgan fingerprint density at radius 1 is 1.56 bits per heavy atom. The summed E-state index contributed by atoms with van der Waals surface area (Å²) in [5.41, 5.74) is 0.650. The number of nitrogens with one attached hydrogen (secondary N) is 1. The summed E-state index contributed by atoms with van der Waals surface area (Å²) >= 11 is 5.77. The van der Waals surface area contributed by atoms with Crippen LogP contribution >= 0.6 is 11.6 Å². The first-order valence-corrected chi connectivity index (χ1v) is 6.27. The first-order valence-electron chi connectivity index (χ1n) is 5.89. The molecule has 2 atom stereocenters. The van der Waals surface area contributed by atoms with Gasteiger partial charge in [0, 0.05) is 29.1 Å². The maximum Gasteiger partial charge on any atom is 0.274 e. The molecule has 1 fully saturated rings. The van der Waals surface area contributed by atoms with Crippen molar-refractivity contribution in [2.24, 2.45) is 5.92 Å². The lowest BCUT2D eigenvalue weighted by molar-refractivity contribution is -0.385. The minimum Gasteiger partial charge on any atom is -0.393 e. The Balaban J connectivity index is 2.20. The predicted octanol–water partition coefficient (Wildman–Crippen LogP) is 1.76. The van der Waals surface area contributed by atoms with E-state index >= 15 is 0 Å². The van der Waals surface area contributed by atoms with Gasteiger partial charge in [0.2, 0.25) is 0 Å². The van der Waals surface area contributed by atoms with Crippen molar-refractivity contribution >= 4 is 17.3 Å². The molecule has 6 heteroatoms. The summed E-state index contributed by atoms with van der Waals surface area (Å²) in [5, 5.41) is 24.4. The van der Waals surface area contributed by atoms with Crippen LogP contribution < -0.4 is 5.32 Å². The van der Waals surface area contributed by atoms with E-state index < -0.39 is 11.0 Å². The maximum atomic E-state index is 11.0. The Kier molecular flexibility index (Phi) is 4.16. The number of rotatable bonds is 3. The third kappa shape index (κ3) is 2.98. The van der Waals surface area contributed by atoms with Gasteiger partial charge in [0.1, 0.15) is 0 Å². The summed E-state index contributed by atoms with van der Waals surface area (Å²) in [7, 11) is 0. The number of aliphatic hydroxyl groups is 1. The Hall–Kier alpha value is -1.17. The minimum atomic E-state index is -0.427. The molecule has 5 nitrogen and oxygen atoms in total. The van der Waals surface area contributed by atoms with Crippen LogP contribution in [0, 0.1) is 16.0 Å². The molecule has 0 saturated carbocycles. The van der Waals surface area contributed by atoms with Crippen molar-refractivity contribution in [3.8, 4) is 0 Å². The van der Waals surface area contributed by atoms with Gasteiger partial charge in [-0.1, -0.05) is 17.7 Å².